The van der Waals surface area contributed by atoms with Crippen molar-refractivity contribution in [2.24, 2.45) is 39.7 Å². The number of amides is 8. The SMILES string of the molecule is C#CCN1CCO[C@H](CC#N)C1.C1CCOC1.C1CCOC1.CC(=O)O.CC(=O)O.Cn1c(=O)n(C2CCC(=O)NC2=O)c2ccc(/C=C/CN3CCO[C@H](CCN)C3)cc21.Cn1c(=O)n(C2CCC(=O)NC2=O)c2ccc(Br)cc21.Cn1c(=O)n(C2CCC(=O)NC2=O)c2ccc(C#CCN3CCO[C@H](CC#N)C3)cc21.Cn1c(=O)n(C2CCC(=O)NC2=O)c2ccc(CCCN3CCO[C@H](CCN)C3)cc21.N. The number of hydrogen-bond donors (Lipinski definition) is 9. The van der Waals surface area contributed by atoms with Crippen LogP contribution in [0.1, 0.15) is 164 Å². The maximum atomic E-state index is 12.9. The predicted octanol–water partition coefficient (Wildman–Crippen LogP) is 4.22. The van der Waals surface area contributed by atoms with Crippen LogP contribution in [-0.2, 0) is 111 Å². The van der Waals surface area contributed by atoms with Crippen LogP contribution in [0.2, 0.25) is 0 Å². The number of rotatable bonds is 19. The summed E-state index contributed by atoms with van der Waals surface area (Å²) in [6.07, 6.45) is 21.6. The summed E-state index contributed by atoms with van der Waals surface area (Å²) in [6.45, 7) is 20.0. The predicted molar refractivity (Wildman–Crippen MR) is 539 cm³/mol. The van der Waals surface area contributed by atoms with Gasteiger partial charge in [-0.3, -0.25) is 125 Å². The van der Waals surface area contributed by atoms with E-state index in [1.165, 1.54) is 53.1 Å². The van der Waals surface area contributed by atoms with Crippen LogP contribution in [0, 0.1) is 46.8 Å². The van der Waals surface area contributed by atoms with Crippen LogP contribution in [0.25, 0.3) is 50.2 Å². The fourth-order valence-corrected chi connectivity index (χ4v) is 18.3. The topological polar surface area (TPSA) is 570 Å². The zero-order chi connectivity index (χ0) is 103. The highest BCUT2D eigenvalue weighted by atomic mass is 79.9. The van der Waals surface area contributed by atoms with E-state index in [-0.39, 0.29) is 103 Å². The Morgan fingerprint density at radius 3 is 1.22 bits per heavy atom. The number of nitriles is 2. The van der Waals surface area contributed by atoms with E-state index in [0.29, 0.717) is 107 Å². The highest BCUT2D eigenvalue weighted by Gasteiger charge is 2.37. The van der Waals surface area contributed by atoms with E-state index < -0.39 is 59.7 Å². The van der Waals surface area contributed by atoms with Crippen molar-refractivity contribution in [2.45, 2.75) is 178 Å². The van der Waals surface area contributed by atoms with Crippen molar-refractivity contribution >= 4 is 125 Å². The first kappa shape index (κ1) is 115. The first-order valence-electron chi connectivity index (χ1n) is 48.2. The average Bonchev–Trinajstić information content (AvgIpc) is 1.62. The number of nitrogens with two attached hydrogens (primary N) is 2. The van der Waals surface area contributed by atoms with Crippen LogP contribution in [-0.4, -0.2) is 294 Å². The van der Waals surface area contributed by atoms with Gasteiger partial charge in [0.15, 0.2) is 0 Å². The van der Waals surface area contributed by atoms with Crippen molar-refractivity contribution < 1.29 is 86.6 Å². The van der Waals surface area contributed by atoms with E-state index in [9.17, 15) is 57.5 Å². The molecule has 0 bridgehead atoms. The summed E-state index contributed by atoms with van der Waals surface area (Å²) >= 11 is 3.37. The Balaban J connectivity index is 0.000000195. The van der Waals surface area contributed by atoms with Gasteiger partial charge >= 0.3 is 22.8 Å². The number of nitrogens with zero attached hydrogens (tertiary/aromatic N) is 14. The molecule has 44 heteroatoms. The average molecular weight is 2060 g/mol. The molecule has 10 aliphatic rings. The molecule has 43 nitrogen and oxygen atoms in total. The molecule has 10 saturated heterocycles. The van der Waals surface area contributed by atoms with Gasteiger partial charge in [-0.25, -0.2) is 19.2 Å². The summed E-state index contributed by atoms with van der Waals surface area (Å²) < 4.78 is 45.2. The van der Waals surface area contributed by atoms with Crippen LogP contribution in [0.4, 0.5) is 0 Å². The molecular weight excluding hydrogens is 1930 g/mol. The largest absolute Gasteiger partial charge is 0.481 e. The van der Waals surface area contributed by atoms with Crippen molar-refractivity contribution in [2.75, 3.05) is 144 Å². The monoisotopic (exact) mass is 2060 g/mol. The third kappa shape index (κ3) is 32.9. The van der Waals surface area contributed by atoms with Gasteiger partial charge in [-0.05, 0) is 168 Å². The molecular formula is C100H134BrN21O22. The number of benzene rings is 4. The number of imide groups is 4. The highest BCUT2D eigenvalue weighted by Crippen LogP contribution is 2.30. The Bertz CT molecular complexity index is 6230. The maximum Gasteiger partial charge on any atom is 0.329 e. The molecule has 10 fully saturated rings. The molecule has 0 saturated carbocycles. The second kappa shape index (κ2) is 57.7. The molecule has 8 aromatic rings. The van der Waals surface area contributed by atoms with E-state index in [1.54, 1.807) is 49.5 Å². The standard InChI is InChI=1S/C22H31N5O4.C22H29N5O4.C22H23N5O4.C13H12BrN3O3.C9H12N2O.2C4H8O.2C2H4O2.H3N/c3*1-25-19-13-15(3-2-10-26-11-12-31-16(14-26)8-9-23)4-5-17(19)27(22(25)30)18-6-7-20(28)24-21(18)29;1-16-10-6-7(14)2-3-8(10)17(13(16)20)9-4-5-11(18)15-12(9)19;1-2-5-11-6-7-12-9(8-11)3-4-10;2*1-2-4-5-3-1;2*1-2(3)4;/h4-5,13,16,18H,2-3,6-12,14,23H2,1H3,(H,24,28,29);2-5,13,16,18H,6-12,14,23H2,1H3,(H,24,28,29);4-5,13,16,18H,6-8,10-12,14H2,1H3,(H,24,28,29);2-3,6,9H,4-5H2,1H3,(H,15,18,19);1,9H,3,5-8H2;2*1-4H2;2*1H3,(H,3,4);1H3/b;3-2+;;;;;;;;/t3*16-,18?;;9-;;;;;/m111.1...../s1. The van der Waals surface area contributed by atoms with Gasteiger partial charge in [-0.15, -0.1) is 6.42 Å². The summed E-state index contributed by atoms with van der Waals surface area (Å²) in [5.74, 6) is 4.33. The van der Waals surface area contributed by atoms with Gasteiger partial charge in [-0.2, -0.15) is 10.5 Å². The number of piperidine rings is 4. The number of morpholine rings is 4. The van der Waals surface area contributed by atoms with Gasteiger partial charge in [0.2, 0.25) is 47.3 Å². The van der Waals surface area contributed by atoms with Crippen molar-refractivity contribution in [3.8, 4) is 36.3 Å². The minimum Gasteiger partial charge on any atom is -0.481 e. The Kier molecular flexibility index (Phi) is 46.0. The molecule has 14 heterocycles. The number of hydrogen-bond acceptors (Lipinski definition) is 29. The Morgan fingerprint density at radius 1 is 0.465 bits per heavy atom. The number of carbonyl (C=O) groups is 10. The Morgan fingerprint density at radius 2 is 0.819 bits per heavy atom. The summed E-state index contributed by atoms with van der Waals surface area (Å²) in [7, 11) is 6.75. The summed E-state index contributed by atoms with van der Waals surface area (Å²) in [4.78, 5) is 172. The number of ether oxygens (including phenoxy) is 6. The molecule has 144 heavy (non-hydrogen) atoms. The van der Waals surface area contributed by atoms with Crippen LogP contribution in [0.3, 0.4) is 0 Å². The van der Waals surface area contributed by atoms with Gasteiger partial charge in [0, 0.05) is 163 Å². The lowest BCUT2D eigenvalue weighted by Crippen LogP contribution is -2.44. The summed E-state index contributed by atoms with van der Waals surface area (Å²) in [5.41, 5.74) is 18.9. The molecule has 10 aliphatic heterocycles. The molecule has 0 radical (unpaired) electrons. The molecule has 4 aromatic heterocycles. The van der Waals surface area contributed by atoms with Crippen molar-refractivity contribution in [1.29, 1.82) is 10.5 Å². The number of aryl methyl sites for hydroxylation is 5. The second-order valence-electron chi connectivity index (χ2n) is 35.7. The van der Waals surface area contributed by atoms with E-state index in [4.69, 9.17) is 76.6 Å². The molecule has 13 N–H and O–H groups in total. The molecule has 778 valence electrons. The molecule has 8 atom stereocenters. The number of terminal acetylenes is 1. The Hall–Kier alpha value is -12.7. The van der Waals surface area contributed by atoms with E-state index in [2.05, 4.69) is 92.8 Å². The van der Waals surface area contributed by atoms with Gasteiger partial charge in [0.1, 0.15) is 24.2 Å². The van der Waals surface area contributed by atoms with Crippen LogP contribution >= 0.6 is 15.9 Å². The number of carboxylic acid groups (broad SMARTS) is 2. The van der Waals surface area contributed by atoms with Crippen molar-refractivity contribution in [3.05, 3.63) is 142 Å². The van der Waals surface area contributed by atoms with E-state index >= 15 is 0 Å². The van der Waals surface area contributed by atoms with Gasteiger partial charge in [0.25, 0.3) is 11.9 Å². The fourth-order valence-electron chi connectivity index (χ4n) is 17.9. The van der Waals surface area contributed by atoms with Crippen molar-refractivity contribution in [3.63, 3.8) is 0 Å². The first-order valence-corrected chi connectivity index (χ1v) is 49.0. The number of aliphatic carboxylic acids is 2. The third-order valence-electron chi connectivity index (χ3n) is 25.1. The highest BCUT2D eigenvalue weighted by molar-refractivity contribution is 9.10. The number of carbonyl (C=O) groups excluding carboxylic acids is 8. The lowest BCUT2D eigenvalue weighted by Gasteiger charge is -2.32. The van der Waals surface area contributed by atoms with Crippen LogP contribution in [0.5, 0.6) is 0 Å². The van der Waals surface area contributed by atoms with E-state index in [1.807, 2.05) is 66.7 Å². The number of fused-ring (bicyclic) bond motifs is 4. The summed E-state index contributed by atoms with van der Waals surface area (Å²) in [5, 5.41) is 41.4. The van der Waals surface area contributed by atoms with Crippen LogP contribution in [0.15, 0.2) is 103 Å². The first-order chi connectivity index (χ1) is 68.7. The quantitative estimate of drug-likeness (QED) is 0.0404. The number of nitrogens with one attached hydrogen (secondary N) is 4. The van der Waals surface area contributed by atoms with Gasteiger partial charge < -0.3 is 56.3 Å². The Labute approximate surface area is 842 Å². The number of halogens is 1. The molecule has 4 unspecified atom stereocenters. The molecule has 0 spiro atoms. The minimum absolute atomic E-state index is 0. The minimum atomic E-state index is -0.833. The van der Waals surface area contributed by atoms with Crippen molar-refractivity contribution in [1.82, 2.24) is 83.6 Å². The number of carboxylic acids is 2. The third-order valence-corrected chi connectivity index (χ3v) is 25.6. The number of imidazole rings is 4. The lowest BCUT2D eigenvalue weighted by atomic mass is 10.0. The van der Waals surface area contributed by atoms with E-state index in [0.717, 1.165) is 181 Å². The molecule has 0 aliphatic carbocycles. The molecule has 8 amide bonds. The molecule has 4 aromatic carbocycles. The zero-order valence-corrected chi connectivity index (χ0v) is 84.2. The maximum absolute atomic E-state index is 12.9. The van der Waals surface area contributed by atoms with Gasteiger partial charge in [0.05, 0.1) is 133 Å². The smallest absolute Gasteiger partial charge is 0.329 e. The van der Waals surface area contributed by atoms with Crippen LogP contribution < -0.4 is 61.6 Å². The number of aromatic nitrogens is 8. The second-order valence-corrected chi connectivity index (χ2v) is 36.6. The molecule has 18 rings (SSSR count). The van der Waals surface area contributed by atoms with Gasteiger partial charge in [-0.1, -0.05) is 58.0 Å². The normalized spacial score (nSPS) is 21.3. The fraction of sp³-hybridized carbons (Fsp3) is 0.540. The zero-order valence-electron chi connectivity index (χ0n) is 82.6. The lowest BCUT2D eigenvalue weighted by molar-refractivity contribution is -0.137. The summed E-state index contributed by atoms with van der Waals surface area (Å²) in [6, 6.07) is 24.2.